The Morgan fingerprint density at radius 2 is 1.76 bits per heavy atom. The molecule has 0 unspecified atom stereocenters. The van der Waals surface area contributed by atoms with E-state index in [1.54, 1.807) is 6.07 Å². The molecule has 0 aliphatic carbocycles. The summed E-state index contributed by atoms with van der Waals surface area (Å²) < 4.78 is 68.6. The second kappa shape index (κ2) is 6.89. The van der Waals surface area contributed by atoms with Crippen molar-refractivity contribution >= 4 is 26.7 Å². The average molecular weight is 418 g/mol. The summed E-state index contributed by atoms with van der Waals surface area (Å²) in [6.45, 7) is 1.82. The number of rotatable bonds is 4. The first-order chi connectivity index (χ1) is 13.7. The summed E-state index contributed by atoms with van der Waals surface area (Å²) in [5.41, 5.74) is 1.69. The molecule has 0 atom stereocenters. The van der Waals surface area contributed by atoms with Crippen LogP contribution in [0.15, 0.2) is 53.7 Å². The van der Waals surface area contributed by atoms with Crippen molar-refractivity contribution in [2.45, 2.75) is 11.8 Å². The molecule has 2 aromatic carbocycles. The van der Waals surface area contributed by atoms with Crippen molar-refractivity contribution in [3.05, 3.63) is 71.9 Å². The third kappa shape index (κ3) is 3.54. The third-order valence-corrected chi connectivity index (χ3v) is 5.62. The highest BCUT2D eigenvalue weighted by atomic mass is 32.2. The minimum absolute atomic E-state index is 0.135. The Balaban J connectivity index is 1.71. The van der Waals surface area contributed by atoms with Gasteiger partial charge in [-0.2, -0.15) is 0 Å². The number of aromatic nitrogens is 3. The van der Waals surface area contributed by atoms with Crippen molar-refractivity contribution in [2.75, 3.05) is 4.72 Å². The van der Waals surface area contributed by atoms with Gasteiger partial charge in [-0.25, -0.2) is 31.6 Å². The van der Waals surface area contributed by atoms with Crippen LogP contribution in [0.4, 0.5) is 18.9 Å². The first-order valence-electron chi connectivity index (χ1n) is 8.33. The van der Waals surface area contributed by atoms with Gasteiger partial charge in [0.1, 0.15) is 34.3 Å². The van der Waals surface area contributed by atoms with Crippen LogP contribution in [0.3, 0.4) is 0 Å². The van der Waals surface area contributed by atoms with Crippen LogP contribution in [-0.4, -0.2) is 23.4 Å². The van der Waals surface area contributed by atoms with E-state index in [9.17, 15) is 21.6 Å². The van der Waals surface area contributed by atoms with Crippen LogP contribution in [0.25, 0.3) is 22.3 Å². The molecule has 0 fully saturated rings. The molecular weight excluding hydrogens is 405 g/mol. The lowest BCUT2D eigenvalue weighted by molar-refractivity contribution is 0.555. The minimum Gasteiger partial charge on any atom is -0.343 e. The van der Waals surface area contributed by atoms with Gasteiger partial charge in [-0.05, 0) is 49.4 Å². The average Bonchev–Trinajstić information content (AvgIpc) is 3.04. The molecule has 10 heteroatoms. The van der Waals surface area contributed by atoms with Gasteiger partial charge in [0.05, 0.1) is 11.4 Å². The van der Waals surface area contributed by atoms with Gasteiger partial charge in [0.25, 0.3) is 10.0 Å². The summed E-state index contributed by atoms with van der Waals surface area (Å²) in [7, 11) is -4.45. The molecule has 0 aliphatic heterocycles. The Morgan fingerprint density at radius 3 is 2.52 bits per heavy atom. The lowest BCUT2D eigenvalue weighted by Crippen LogP contribution is -2.15. The zero-order valence-corrected chi connectivity index (χ0v) is 15.7. The van der Waals surface area contributed by atoms with E-state index in [2.05, 4.69) is 19.7 Å². The van der Waals surface area contributed by atoms with E-state index in [0.717, 1.165) is 17.8 Å². The predicted octanol–water partition coefficient (Wildman–Crippen LogP) is 4.15. The predicted molar refractivity (Wildman–Crippen MR) is 101 cm³/mol. The number of sulfonamides is 1. The first kappa shape index (κ1) is 18.9. The molecule has 0 saturated carbocycles. The number of hydrogen-bond donors (Lipinski definition) is 2. The van der Waals surface area contributed by atoms with Crippen molar-refractivity contribution in [3.63, 3.8) is 0 Å². The summed E-state index contributed by atoms with van der Waals surface area (Å²) in [5, 5.41) is 0.610. The molecule has 0 bridgehead atoms. The van der Waals surface area contributed by atoms with Gasteiger partial charge in [0.15, 0.2) is 0 Å². The fourth-order valence-electron chi connectivity index (χ4n) is 2.95. The smallest absolute Gasteiger partial charge is 0.264 e. The van der Waals surface area contributed by atoms with E-state index in [4.69, 9.17) is 0 Å². The summed E-state index contributed by atoms with van der Waals surface area (Å²) in [4.78, 5) is 10.4. The van der Waals surface area contributed by atoms with Gasteiger partial charge in [-0.1, -0.05) is 0 Å². The highest BCUT2D eigenvalue weighted by Gasteiger charge is 2.21. The van der Waals surface area contributed by atoms with Crippen molar-refractivity contribution in [1.29, 1.82) is 0 Å². The highest BCUT2D eigenvalue weighted by molar-refractivity contribution is 7.92. The van der Waals surface area contributed by atoms with Crippen LogP contribution in [0, 0.1) is 24.4 Å². The summed E-state index contributed by atoms with van der Waals surface area (Å²) in [5.74, 6) is -2.78. The Kier molecular flexibility index (Phi) is 4.50. The van der Waals surface area contributed by atoms with Crippen LogP contribution in [-0.2, 0) is 10.0 Å². The zero-order chi connectivity index (χ0) is 20.8. The van der Waals surface area contributed by atoms with Gasteiger partial charge in [-0.15, -0.1) is 0 Å². The van der Waals surface area contributed by atoms with Crippen molar-refractivity contribution in [2.24, 2.45) is 0 Å². The standard InChI is InChI=1S/C19H13F3N4O2S/c1-10-6-14-18(23-9-24-19(14)25-10)13-4-3-12(8-16(13)22)26-29(27,28)17-7-11(20)2-5-15(17)21/h2-9,26H,1H3,(H,23,24,25). The van der Waals surface area contributed by atoms with Crippen LogP contribution in [0.1, 0.15) is 5.69 Å². The molecule has 4 rings (SSSR count). The molecule has 148 valence electrons. The van der Waals surface area contributed by atoms with E-state index >= 15 is 0 Å². The molecule has 0 spiro atoms. The number of halogens is 3. The second-order valence-corrected chi connectivity index (χ2v) is 7.96. The fourth-order valence-corrected chi connectivity index (χ4v) is 4.09. The Hall–Kier alpha value is -3.40. The zero-order valence-electron chi connectivity index (χ0n) is 14.9. The molecule has 29 heavy (non-hydrogen) atoms. The molecule has 2 N–H and O–H groups in total. The van der Waals surface area contributed by atoms with E-state index in [1.807, 2.05) is 6.92 Å². The van der Waals surface area contributed by atoms with Crippen molar-refractivity contribution in [1.82, 2.24) is 15.0 Å². The molecule has 4 aromatic rings. The summed E-state index contributed by atoms with van der Waals surface area (Å²) in [6.07, 6.45) is 1.29. The van der Waals surface area contributed by atoms with Crippen molar-refractivity contribution < 1.29 is 21.6 Å². The first-order valence-corrected chi connectivity index (χ1v) is 9.81. The molecule has 2 heterocycles. The number of anilines is 1. The third-order valence-electron chi connectivity index (χ3n) is 4.22. The normalized spacial score (nSPS) is 11.7. The molecule has 0 aliphatic rings. The lowest BCUT2D eigenvalue weighted by Gasteiger charge is -2.11. The van der Waals surface area contributed by atoms with Crippen LogP contribution >= 0.6 is 0 Å². The Morgan fingerprint density at radius 1 is 0.966 bits per heavy atom. The lowest BCUT2D eigenvalue weighted by atomic mass is 10.1. The highest BCUT2D eigenvalue weighted by Crippen LogP contribution is 2.30. The van der Waals surface area contributed by atoms with E-state index in [0.29, 0.717) is 28.9 Å². The quantitative estimate of drug-likeness (QED) is 0.521. The maximum atomic E-state index is 14.8. The molecule has 6 nitrogen and oxygen atoms in total. The van der Waals surface area contributed by atoms with Gasteiger partial charge < -0.3 is 4.98 Å². The summed E-state index contributed by atoms with van der Waals surface area (Å²) in [6, 6.07) is 7.42. The Bertz CT molecular complexity index is 1350. The van der Waals surface area contributed by atoms with Gasteiger partial charge >= 0.3 is 0 Å². The SMILES string of the molecule is Cc1cc2c(-c3ccc(NS(=O)(=O)c4cc(F)ccc4F)cc3F)ncnc2[nH]1. The van der Waals surface area contributed by atoms with Crippen LogP contribution in [0.5, 0.6) is 0 Å². The number of fused-ring (bicyclic) bond motifs is 1. The number of H-pyrrole nitrogens is 1. The van der Waals surface area contributed by atoms with E-state index < -0.39 is 32.4 Å². The number of nitrogens with zero attached hydrogens (tertiary/aromatic N) is 2. The fraction of sp³-hybridized carbons (Fsp3) is 0.0526. The van der Waals surface area contributed by atoms with Crippen LogP contribution < -0.4 is 4.72 Å². The van der Waals surface area contributed by atoms with Gasteiger partial charge in [0, 0.05) is 16.6 Å². The second-order valence-electron chi connectivity index (χ2n) is 6.31. The number of nitrogens with one attached hydrogen (secondary N) is 2. The summed E-state index contributed by atoms with van der Waals surface area (Å²) >= 11 is 0. The van der Waals surface area contributed by atoms with Gasteiger partial charge in [0.2, 0.25) is 0 Å². The largest absolute Gasteiger partial charge is 0.343 e. The molecule has 0 saturated heterocycles. The molecular formula is C19H13F3N4O2S. The van der Waals surface area contributed by atoms with Crippen LogP contribution in [0.2, 0.25) is 0 Å². The number of aryl methyl sites for hydroxylation is 1. The minimum atomic E-state index is -4.45. The Labute approximate surface area is 163 Å². The topological polar surface area (TPSA) is 87.7 Å². The van der Waals surface area contributed by atoms with E-state index in [-0.39, 0.29) is 11.3 Å². The molecule has 2 aromatic heterocycles. The van der Waals surface area contributed by atoms with Crippen molar-refractivity contribution in [3.8, 4) is 11.3 Å². The maximum Gasteiger partial charge on any atom is 0.264 e. The molecule has 0 radical (unpaired) electrons. The van der Waals surface area contributed by atoms with E-state index in [1.165, 1.54) is 18.5 Å². The maximum absolute atomic E-state index is 14.8. The van der Waals surface area contributed by atoms with Gasteiger partial charge in [-0.3, -0.25) is 4.72 Å². The molecule has 0 amide bonds. The number of benzene rings is 2. The number of aromatic amines is 1. The number of hydrogen-bond acceptors (Lipinski definition) is 4. The monoisotopic (exact) mass is 418 g/mol.